The second-order valence-corrected chi connectivity index (χ2v) is 4.75. The van der Waals surface area contributed by atoms with E-state index in [2.05, 4.69) is 11.2 Å². The van der Waals surface area contributed by atoms with Crippen LogP contribution in [0.15, 0.2) is 23.4 Å². The van der Waals surface area contributed by atoms with Gasteiger partial charge in [-0.2, -0.15) is 0 Å². The first-order valence-electron chi connectivity index (χ1n) is 6.06. The van der Waals surface area contributed by atoms with Gasteiger partial charge in [0.2, 0.25) is 0 Å². The maximum Gasteiger partial charge on any atom is 0.309 e. The summed E-state index contributed by atoms with van der Waals surface area (Å²) >= 11 is 5.92. The molecule has 0 aromatic heterocycles. The largest absolute Gasteiger partial charge is 0.465 e. The van der Waals surface area contributed by atoms with Crippen molar-refractivity contribution in [2.24, 2.45) is 11.1 Å². The average molecular weight is 283 g/mol. The van der Waals surface area contributed by atoms with E-state index in [-0.39, 0.29) is 19.0 Å². The van der Waals surface area contributed by atoms with Gasteiger partial charge in [0, 0.05) is 10.6 Å². The molecule has 0 aliphatic rings. The molecule has 0 aliphatic heterocycles. The Labute approximate surface area is 118 Å². The predicted octanol–water partition coefficient (Wildman–Crippen LogP) is 3.08. The molecule has 0 amide bonds. The van der Waals surface area contributed by atoms with Crippen LogP contribution in [0.3, 0.4) is 0 Å². The predicted molar refractivity (Wildman–Crippen MR) is 74.2 cm³/mol. The van der Waals surface area contributed by atoms with E-state index in [0.29, 0.717) is 23.1 Å². The van der Waals surface area contributed by atoms with Gasteiger partial charge in [0.15, 0.2) is 0 Å². The fourth-order valence-corrected chi connectivity index (χ4v) is 1.30. The summed E-state index contributed by atoms with van der Waals surface area (Å²) in [6.45, 7) is 4.57. The van der Waals surface area contributed by atoms with Gasteiger partial charge in [-0.1, -0.05) is 36.7 Å². The number of nitrogens with zero attached hydrogens (tertiary/aromatic N) is 1. The van der Waals surface area contributed by atoms with Crippen LogP contribution in [0.4, 0.5) is 0 Å². The number of carbonyl (C=O) groups excluding carboxylic acids is 1. The molecule has 0 saturated carbocycles. The second kappa shape index (κ2) is 8.53. The summed E-state index contributed by atoms with van der Waals surface area (Å²) in [7, 11) is 0. The van der Waals surface area contributed by atoms with Crippen molar-refractivity contribution in [3.63, 3.8) is 0 Å². The van der Waals surface area contributed by atoms with Crippen LogP contribution >= 0.6 is 11.6 Å². The SMILES string of the molecule is CC(C)COC(=O)CCO/N=C/c1c[c]ccc1Cl. The van der Waals surface area contributed by atoms with Crippen LogP contribution in [-0.4, -0.2) is 25.4 Å². The number of rotatable bonds is 7. The van der Waals surface area contributed by atoms with Gasteiger partial charge < -0.3 is 9.57 Å². The Balaban J connectivity index is 2.20. The van der Waals surface area contributed by atoms with E-state index in [1.54, 1.807) is 18.2 Å². The molecule has 1 rings (SSSR count). The molecular formula is C14H17ClNO3. The summed E-state index contributed by atoms with van der Waals surface area (Å²) in [5.41, 5.74) is 0.714. The van der Waals surface area contributed by atoms with Crippen LogP contribution in [0, 0.1) is 12.0 Å². The highest BCUT2D eigenvalue weighted by atomic mass is 35.5. The molecule has 1 aromatic rings. The van der Waals surface area contributed by atoms with Gasteiger partial charge in [-0.3, -0.25) is 4.79 Å². The summed E-state index contributed by atoms with van der Waals surface area (Å²) in [5, 5.41) is 4.30. The van der Waals surface area contributed by atoms with Crippen LogP contribution < -0.4 is 0 Å². The number of hydrogen-bond acceptors (Lipinski definition) is 4. The minimum atomic E-state index is -0.282. The summed E-state index contributed by atoms with van der Waals surface area (Å²) in [6.07, 6.45) is 1.66. The summed E-state index contributed by atoms with van der Waals surface area (Å²) in [5.74, 6) is 0.0503. The number of oxime groups is 1. The van der Waals surface area contributed by atoms with Crippen molar-refractivity contribution in [2.75, 3.05) is 13.2 Å². The quantitative estimate of drug-likeness (QED) is 0.334. The summed E-state index contributed by atoms with van der Waals surface area (Å²) in [6, 6.07) is 8.01. The van der Waals surface area contributed by atoms with Crippen molar-refractivity contribution in [3.05, 3.63) is 34.9 Å². The highest BCUT2D eigenvalue weighted by Gasteiger charge is 2.04. The van der Waals surface area contributed by atoms with Gasteiger partial charge in [-0.25, -0.2) is 0 Å². The molecule has 0 saturated heterocycles. The van der Waals surface area contributed by atoms with Crippen molar-refractivity contribution in [1.82, 2.24) is 0 Å². The standard InChI is InChI=1S/C14H17ClNO3/c1-11(2)10-18-14(17)7-8-19-16-9-12-5-3-4-6-13(12)15/h4-6,9,11H,7-8,10H2,1-2H3/b16-9+. The topological polar surface area (TPSA) is 47.9 Å². The lowest BCUT2D eigenvalue weighted by molar-refractivity contribution is -0.145. The average Bonchev–Trinajstić information content (AvgIpc) is 2.38. The molecule has 0 spiro atoms. The number of hydrogen-bond donors (Lipinski definition) is 0. The van der Waals surface area contributed by atoms with E-state index in [9.17, 15) is 4.79 Å². The fourth-order valence-electron chi connectivity index (χ4n) is 1.13. The third-order valence-corrected chi connectivity index (χ3v) is 2.43. The number of ether oxygens (including phenoxy) is 1. The van der Waals surface area contributed by atoms with E-state index in [1.165, 1.54) is 6.21 Å². The van der Waals surface area contributed by atoms with Gasteiger partial charge in [-0.15, -0.1) is 0 Å². The fraction of sp³-hybridized carbons (Fsp3) is 0.429. The molecule has 103 valence electrons. The van der Waals surface area contributed by atoms with Gasteiger partial charge >= 0.3 is 5.97 Å². The van der Waals surface area contributed by atoms with Gasteiger partial charge in [-0.05, 0) is 24.1 Å². The van der Waals surface area contributed by atoms with Crippen molar-refractivity contribution >= 4 is 23.8 Å². The molecule has 0 unspecified atom stereocenters. The summed E-state index contributed by atoms with van der Waals surface area (Å²) in [4.78, 5) is 16.2. The van der Waals surface area contributed by atoms with Crippen LogP contribution in [0.5, 0.6) is 0 Å². The maximum atomic E-state index is 11.3. The number of benzene rings is 1. The van der Waals surface area contributed by atoms with Crippen LogP contribution in [0.25, 0.3) is 0 Å². The molecule has 4 nitrogen and oxygen atoms in total. The first-order chi connectivity index (χ1) is 9.09. The third-order valence-electron chi connectivity index (χ3n) is 2.08. The zero-order chi connectivity index (χ0) is 14.1. The molecule has 0 heterocycles. The minimum absolute atomic E-state index is 0.179. The van der Waals surface area contributed by atoms with Crippen molar-refractivity contribution < 1.29 is 14.4 Å². The second-order valence-electron chi connectivity index (χ2n) is 4.34. The smallest absolute Gasteiger partial charge is 0.309 e. The molecule has 19 heavy (non-hydrogen) atoms. The Hall–Kier alpha value is -1.55. The Morgan fingerprint density at radius 1 is 1.58 bits per heavy atom. The highest BCUT2D eigenvalue weighted by molar-refractivity contribution is 6.33. The molecule has 5 heteroatoms. The summed E-state index contributed by atoms with van der Waals surface area (Å²) < 4.78 is 4.99. The Bertz CT molecular complexity index is 432. The molecule has 0 N–H and O–H groups in total. The zero-order valence-electron chi connectivity index (χ0n) is 11.1. The van der Waals surface area contributed by atoms with E-state index >= 15 is 0 Å². The minimum Gasteiger partial charge on any atom is -0.465 e. The van der Waals surface area contributed by atoms with E-state index in [0.717, 1.165) is 0 Å². The molecule has 0 atom stereocenters. The van der Waals surface area contributed by atoms with Crippen LogP contribution in [0.2, 0.25) is 5.02 Å². The first-order valence-corrected chi connectivity index (χ1v) is 6.44. The lowest BCUT2D eigenvalue weighted by Crippen LogP contribution is -2.11. The number of halogens is 1. The third kappa shape index (κ3) is 6.82. The lowest BCUT2D eigenvalue weighted by atomic mass is 10.2. The Kier molecular flexibility index (Phi) is 6.97. The van der Waals surface area contributed by atoms with Crippen LogP contribution in [-0.2, 0) is 14.4 Å². The number of esters is 1. The van der Waals surface area contributed by atoms with Gasteiger partial charge in [0.05, 0.1) is 19.2 Å². The Morgan fingerprint density at radius 2 is 2.37 bits per heavy atom. The van der Waals surface area contributed by atoms with E-state index in [1.807, 2.05) is 13.8 Å². The van der Waals surface area contributed by atoms with Crippen LogP contribution in [0.1, 0.15) is 25.8 Å². The zero-order valence-corrected chi connectivity index (χ0v) is 11.8. The monoisotopic (exact) mass is 282 g/mol. The molecule has 0 bridgehead atoms. The molecular weight excluding hydrogens is 266 g/mol. The van der Waals surface area contributed by atoms with Gasteiger partial charge in [0.1, 0.15) is 6.61 Å². The first kappa shape index (κ1) is 15.5. The highest BCUT2D eigenvalue weighted by Crippen LogP contribution is 2.11. The Morgan fingerprint density at radius 3 is 3.05 bits per heavy atom. The number of carbonyl (C=O) groups is 1. The molecule has 1 aromatic carbocycles. The molecule has 1 radical (unpaired) electrons. The van der Waals surface area contributed by atoms with Gasteiger partial charge in [0.25, 0.3) is 0 Å². The van der Waals surface area contributed by atoms with Crippen molar-refractivity contribution in [3.8, 4) is 0 Å². The van der Waals surface area contributed by atoms with E-state index < -0.39 is 0 Å². The normalized spacial score (nSPS) is 10.9. The van der Waals surface area contributed by atoms with Crippen molar-refractivity contribution in [2.45, 2.75) is 20.3 Å². The van der Waals surface area contributed by atoms with Crippen molar-refractivity contribution in [1.29, 1.82) is 0 Å². The maximum absolute atomic E-state index is 11.3. The van der Waals surface area contributed by atoms with E-state index in [4.69, 9.17) is 21.2 Å². The lowest BCUT2D eigenvalue weighted by Gasteiger charge is -2.06. The molecule has 0 aliphatic carbocycles. The molecule has 0 fully saturated rings.